The summed E-state index contributed by atoms with van der Waals surface area (Å²) in [5, 5.41) is 103. The second-order valence-electron chi connectivity index (χ2n) is 26.2. The lowest BCUT2D eigenvalue weighted by molar-refractivity contribution is -0.336. The fourth-order valence-electron chi connectivity index (χ4n) is 12.5. The summed E-state index contributed by atoms with van der Waals surface area (Å²) in [6, 6.07) is -8.09. The predicted molar refractivity (Wildman–Crippen MR) is 376 cm³/mol. The van der Waals surface area contributed by atoms with Gasteiger partial charge in [0.25, 0.3) is 0 Å². The highest BCUT2D eigenvalue weighted by Crippen LogP contribution is 2.38. The SMILES string of the molecule is CO[C@@H]1O[C@@H](C(=O)O)[C@@H](O[C@H]2O[C@H](COS(=O)(=O)O)[C@@H](OCC(=O)NCCN(CCNC(=O)CO[C@H]3[C@H](O)[C@@H](NS(=O)(=O)O)[C@@H](O[C@H]4[C@H](O)[C@@H](OS(=O)(=O)O)[C@H](OC)O[C@H]4C(=O)O)O[C@@H]3COS(=O)(=O)O)C(=O)CO[C@H]3[C@H](O)[C@@H](NS(=O)(=O)O)[C@@H](O[C@H]4[C@H](O)[C@@H](OS(=O)(=O)O)[C@H](OC)O[C@H]4C(=O)O)O[C@@H]3COS(=O)(=O)O)[C@H](O)[C@H]2NS(=O)(=O)O)[C@H](O)[C@H]1OS(=O)(=O)O. The Hall–Kier alpha value is -5.19. The van der Waals surface area contributed by atoms with Gasteiger partial charge in [0.1, 0.15) is 130 Å². The Balaban J connectivity index is 1.32. The Morgan fingerprint density at radius 3 is 0.780 bits per heavy atom. The Morgan fingerprint density at radius 2 is 0.567 bits per heavy atom. The van der Waals surface area contributed by atoms with Gasteiger partial charge in [0, 0.05) is 47.5 Å². The molecule has 0 bridgehead atoms. The fourth-order valence-corrected chi connectivity index (χ4v) is 16.7. The second kappa shape index (κ2) is 45.2. The van der Waals surface area contributed by atoms with Crippen LogP contribution < -0.4 is 24.8 Å². The molecule has 0 aromatic carbocycles. The Morgan fingerprint density at radius 1 is 0.323 bits per heavy atom. The number of aliphatic carboxylic acids is 3. The van der Waals surface area contributed by atoms with Crippen LogP contribution in [-0.2, 0) is 218 Å². The number of carbonyl (C=O) groups is 6. The number of carboxylic acids is 3. The number of nitrogens with zero attached hydrogens (tertiary/aromatic N) is 1. The number of methoxy groups -OCH3 is 3. The van der Waals surface area contributed by atoms with Crippen molar-refractivity contribution in [3.8, 4) is 0 Å². The van der Waals surface area contributed by atoms with Crippen molar-refractivity contribution < 1.29 is 288 Å². The molecule has 0 aromatic rings. The third-order valence-corrected chi connectivity index (χ3v) is 22.0. The van der Waals surface area contributed by atoms with Gasteiger partial charge in [-0.1, -0.05) is 0 Å². The summed E-state index contributed by atoms with van der Waals surface area (Å²) in [6.07, 6.45) is -70.0. The van der Waals surface area contributed by atoms with Crippen molar-refractivity contribution in [3.63, 3.8) is 0 Å². The third-order valence-electron chi connectivity index (χ3n) is 17.6. The van der Waals surface area contributed by atoms with Crippen LogP contribution in [-0.4, -0.2) is 474 Å². The zero-order valence-corrected chi connectivity index (χ0v) is 70.8. The van der Waals surface area contributed by atoms with Crippen molar-refractivity contribution in [2.75, 3.05) is 87.1 Å². The van der Waals surface area contributed by atoms with E-state index in [9.17, 15) is 191 Å². The van der Waals surface area contributed by atoms with Crippen LogP contribution in [0.4, 0.5) is 0 Å². The monoisotopic (exact) mass is 2050 g/mol. The van der Waals surface area contributed by atoms with Crippen LogP contribution in [0.15, 0.2) is 0 Å². The van der Waals surface area contributed by atoms with Gasteiger partial charge < -0.3 is 133 Å². The van der Waals surface area contributed by atoms with Gasteiger partial charge in [0.05, 0.1) is 19.8 Å². The molecule has 6 rings (SSSR count). The first-order valence-corrected chi connectivity index (χ1v) is 46.6. The van der Waals surface area contributed by atoms with Crippen LogP contribution in [0.2, 0.25) is 0 Å². The quantitative estimate of drug-likeness (QED) is 0.0252. The largest absolute Gasteiger partial charge is 0.479 e. The van der Waals surface area contributed by atoms with Crippen molar-refractivity contribution in [3.05, 3.63) is 0 Å². The molecule has 69 nitrogen and oxygen atoms in total. The van der Waals surface area contributed by atoms with Gasteiger partial charge in [-0.3, -0.25) is 55.4 Å². The highest BCUT2D eigenvalue weighted by molar-refractivity contribution is 7.84. The summed E-state index contributed by atoms with van der Waals surface area (Å²) in [5.74, 6) is -10.9. The van der Waals surface area contributed by atoms with Gasteiger partial charge in [-0.05, 0) is 0 Å². The number of carboxylic acid groups (broad SMARTS) is 3. The minimum Gasteiger partial charge on any atom is -0.479 e. The molecule has 6 aliphatic rings. The molecule has 0 radical (unpaired) electrons. The number of ether oxygens (including phenoxy) is 15. The van der Waals surface area contributed by atoms with Crippen molar-refractivity contribution in [1.29, 1.82) is 0 Å². The van der Waals surface area contributed by atoms with E-state index in [-0.39, 0.29) is 0 Å². The number of aliphatic hydroxyl groups is 6. The fraction of sp³-hybridized carbons (Fsp3) is 0.878. The molecule has 78 heteroatoms. The van der Waals surface area contributed by atoms with Crippen molar-refractivity contribution in [1.82, 2.24) is 29.7 Å². The Labute approximate surface area is 714 Å². The molecule has 0 aromatic heterocycles. The average Bonchev–Trinajstić information content (AvgIpc) is 0.771. The first kappa shape index (κ1) is 111. The lowest BCUT2D eigenvalue weighted by Gasteiger charge is -2.47. The molecule has 127 heavy (non-hydrogen) atoms. The number of hydrogen-bond acceptors (Lipinski definition) is 51. The number of rotatable bonds is 48. The molecule has 6 fully saturated rings. The van der Waals surface area contributed by atoms with Gasteiger partial charge in [-0.2, -0.15) is 89.9 Å². The van der Waals surface area contributed by atoms with E-state index in [0.717, 1.165) is 14.2 Å². The van der Waals surface area contributed by atoms with E-state index in [1.807, 2.05) is 0 Å². The zero-order chi connectivity index (χ0) is 96.3. The van der Waals surface area contributed by atoms with Crippen LogP contribution in [0.3, 0.4) is 0 Å². The smallest absolute Gasteiger partial charge is 0.397 e. The minimum atomic E-state index is -5.81. The second-order valence-corrected chi connectivity index (χ2v) is 36.2. The van der Waals surface area contributed by atoms with Gasteiger partial charge in [-0.15, -0.1) is 0 Å². The first-order chi connectivity index (χ1) is 58.1. The van der Waals surface area contributed by atoms with E-state index in [4.69, 9.17) is 71.1 Å². The molecule has 0 saturated carbocycles. The third kappa shape index (κ3) is 34.0. The lowest BCUT2D eigenvalue weighted by Crippen LogP contribution is -2.68. The van der Waals surface area contributed by atoms with Crippen LogP contribution >= 0.6 is 0 Å². The molecule has 30 atom stereocenters. The van der Waals surface area contributed by atoms with Crippen LogP contribution in [0.5, 0.6) is 0 Å². The molecule has 740 valence electrons. The summed E-state index contributed by atoms with van der Waals surface area (Å²) < 4.78 is 412. The molecular formula is C49H82N6O63S9. The standard InChI is InChI=1S/C49H82N6O63S9/c1-98-47-35(116-125(89,90)91)26(62)32(38(113-47)41(65)66)110-44-20(52-119(71,72)73)23(59)29(14(107-44)8-104-122(80,81)82)101-11-17(56)50-4-6-55(19(58)13-103-31-16(10-106-124(86,87)88)109-46(22(25(31)61)54-121(77,78)79)112-34-28(64)37(118-127(95,96)97)49(100-3)115-40(34)43(69)70)7-5-51-18(57)12-102-30-15(9-105-123(83,84)85)108-45(21(24(30)60)53-120(74,75)76)111-33-27(63)36(117-126(92,93)94)48(99-2)114-39(33)42(67)68/h14-16,20-40,44-49,52-54,59-64H,4-13H2,1-3H3,(H,50,56)(H,51,57)(H,65,66)(H,67,68)(H,69,70)(H,71,72,73)(H,74,75,76)(H,77,78,79)(H,80,81,82)(H,83,84,85)(H,86,87,88)(H,89,90,91)(H,92,93,94)(H,95,96,97)/t14-,15-,16-,20-,21-,22-,23-,24-,25-,26+,27+,28+,29-,30-,31-,32+,33+,34+,35-,36-,37-,38-,39-,40-,44-,45-,46-,47-,48-,49-/m1/s1. The van der Waals surface area contributed by atoms with Gasteiger partial charge in [-0.25, -0.2) is 39.5 Å². The summed E-state index contributed by atoms with van der Waals surface area (Å²) in [4.78, 5) is 79.8. The van der Waals surface area contributed by atoms with Gasteiger partial charge in [0.15, 0.2) is 74.4 Å². The summed E-state index contributed by atoms with van der Waals surface area (Å²) >= 11 is 0. The Kier molecular flexibility index (Phi) is 39.4. The highest BCUT2D eigenvalue weighted by Gasteiger charge is 2.61. The first-order valence-electron chi connectivity index (χ1n) is 34.1. The molecule has 6 heterocycles. The minimum absolute atomic E-state index is 0.489. The van der Waals surface area contributed by atoms with Crippen molar-refractivity contribution in [2.45, 2.75) is 184 Å². The number of carbonyl (C=O) groups excluding carboxylic acids is 3. The summed E-state index contributed by atoms with van der Waals surface area (Å²) in [7, 11) is -49.1. The number of nitrogens with one attached hydrogen (secondary N) is 5. The molecule has 0 aliphatic carbocycles. The molecular weight excluding hydrogens is 1970 g/mol. The molecule has 0 unspecified atom stereocenters. The molecule has 3 amide bonds. The topological polar surface area (TPSA) is 1030 Å². The summed E-state index contributed by atoms with van der Waals surface area (Å²) in [5.41, 5.74) is 0. The van der Waals surface area contributed by atoms with Crippen LogP contribution in [0.1, 0.15) is 0 Å². The highest BCUT2D eigenvalue weighted by atomic mass is 32.3. The maximum Gasteiger partial charge on any atom is 0.397 e. The number of hydrogen-bond donors (Lipinski definition) is 23. The normalized spacial score (nSPS) is 34.7. The predicted octanol–water partition coefficient (Wildman–Crippen LogP) is -17.6. The van der Waals surface area contributed by atoms with E-state index in [1.165, 1.54) is 14.2 Å². The van der Waals surface area contributed by atoms with Crippen molar-refractivity contribution in [2.24, 2.45) is 0 Å². The molecule has 23 N–H and O–H groups in total. The van der Waals surface area contributed by atoms with Gasteiger partial charge >= 0.3 is 111 Å². The zero-order valence-electron chi connectivity index (χ0n) is 63.4. The Bertz CT molecular complexity index is 4660. The van der Waals surface area contributed by atoms with Crippen LogP contribution in [0, 0.1) is 0 Å². The van der Waals surface area contributed by atoms with E-state index < -0.39 is 379 Å². The molecule has 6 saturated heterocycles. The van der Waals surface area contributed by atoms with E-state index in [0.29, 0.717) is 12.0 Å². The maximum atomic E-state index is 14.5. The van der Waals surface area contributed by atoms with E-state index >= 15 is 0 Å². The van der Waals surface area contributed by atoms with Crippen LogP contribution in [0.25, 0.3) is 0 Å². The molecule has 0 spiro atoms. The molecule has 6 aliphatic heterocycles. The number of amides is 3. The average molecular weight is 2050 g/mol. The van der Waals surface area contributed by atoms with Gasteiger partial charge in [0.2, 0.25) is 17.7 Å². The maximum absolute atomic E-state index is 14.5. The summed E-state index contributed by atoms with van der Waals surface area (Å²) in [6.45, 7) is -13.6. The van der Waals surface area contributed by atoms with E-state index in [1.54, 1.807) is 0 Å². The van der Waals surface area contributed by atoms with Crippen molar-refractivity contribution >= 4 is 129 Å². The lowest BCUT2D eigenvalue weighted by atomic mass is 9.95. The number of aliphatic hydroxyl groups excluding tert-OH is 6. The van der Waals surface area contributed by atoms with E-state index in [2.05, 4.69) is 35.7 Å².